The van der Waals surface area contributed by atoms with E-state index in [2.05, 4.69) is 64.2 Å². The molecule has 4 rings (SSSR count). The molecule has 0 amide bonds. The Morgan fingerprint density at radius 3 is 2.38 bits per heavy atom. The normalized spacial score (nSPS) is 11.1. The van der Waals surface area contributed by atoms with Crippen molar-refractivity contribution in [3.8, 4) is 22.4 Å². The highest BCUT2D eigenvalue weighted by molar-refractivity contribution is 9.10. The second-order valence-corrected chi connectivity index (χ2v) is 6.53. The summed E-state index contributed by atoms with van der Waals surface area (Å²) in [6.45, 7) is 2.13. The number of halogens is 1. The molecule has 0 unspecified atom stereocenters. The predicted molar refractivity (Wildman–Crippen MR) is 101 cm³/mol. The molecule has 0 N–H and O–H groups in total. The third-order valence-electron chi connectivity index (χ3n) is 4.13. The van der Waals surface area contributed by atoms with Gasteiger partial charge in [0.1, 0.15) is 0 Å². The van der Waals surface area contributed by atoms with Crippen LogP contribution in [0.3, 0.4) is 0 Å². The van der Waals surface area contributed by atoms with Crippen molar-refractivity contribution in [2.24, 2.45) is 0 Å². The SMILES string of the molecule is CCc1nn2c(-c3ccc(Br)cc3)ccnc2c1-c1ccccc1. The van der Waals surface area contributed by atoms with Crippen LogP contribution in [0.5, 0.6) is 0 Å². The summed E-state index contributed by atoms with van der Waals surface area (Å²) in [5.74, 6) is 0. The Kier molecular flexibility index (Phi) is 3.90. The zero-order valence-electron chi connectivity index (χ0n) is 13.3. The molecule has 0 spiro atoms. The van der Waals surface area contributed by atoms with Gasteiger partial charge in [0.2, 0.25) is 0 Å². The molecule has 0 radical (unpaired) electrons. The maximum absolute atomic E-state index is 4.85. The van der Waals surface area contributed by atoms with Crippen molar-refractivity contribution in [1.82, 2.24) is 14.6 Å². The zero-order chi connectivity index (χ0) is 16.5. The second kappa shape index (κ2) is 6.21. The molecule has 0 bridgehead atoms. The summed E-state index contributed by atoms with van der Waals surface area (Å²) in [6, 6.07) is 20.7. The fraction of sp³-hybridized carbons (Fsp3) is 0.100. The lowest BCUT2D eigenvalue weighted by Gasteiger charge is -2.05. The van der Waals surface area contributed by atoms with E-state index in [-0.39, 0.29) is 0 Å². The molecule has 4 heteroatoms. The van der Waals surface area contributed by atoms with Crippen LogP contribution in [0.15, 0.2) is 71.3 Å². The molecule has 0 saturated heterocycles. The monoisotopic (exact) mass is 377 g/mol. The molecule has 2 aromatic heterocycles. The molecule has 0 aliphatic heterocycles. The number of hydrogen-bond donors (Lipinski definition) is 0. The summed E-state index contributed by atoms with van der Waals surface area (Å²) < 4.78 is 3.03. The maximum atomic E-state index is 4.85. The topological polar surface area (TPSA) is 30.2 Å². The average Bonchev–Trinajstić information content (AvgIpc) is 3.02. The summed E-state index contributed by atoms with van der Waals surface area (Å²) in [5.41, 5.74) is 6.42. The van der Waals surface area contributed by atoms with Crippen LogP contribution in [0.2, 0.25) is 0 Å². The van der Waals surface area contributed by atoms with Gasteiger partial charge in [-0.15, -0.1) is 0 Å². The molecule has 0 atom stereocenters. The first kappa shape index (κ1) is 15.1. The lowest BCUT2D eigenvalue weighted by Crippen LogP contribution is -1.96. The number of aryl methyl sites for hydroxylation is 1. The maximum Gasteiger partial charge on any atom is 0.163 e. The minimum absolute atomic E-state index is 0.868. The van der Waals surface area contributed by atoms with Gasteiger partial charge in [-0.05, 0) is 30.2 Å². The van der Waals surface area contributed by atoms with Crippen LogP contribution in [-0.2, 0) is 6.42 Å². The number of nitrogens with zero attached hydrogens (tertiary/aromatic N) is 3. The summed E-state index contributed by atoms with van der Waals surface area (Å²) in [6.07, 6.45) is 2.73. The fourth-order valence-electron chi connectivity index (χ4n) is 2.98. The Labute approximate surface area is 149 Å². The predicted octanol–water partition coefficient (Wildman–Crippen LogP) is 5.39. The van der Waals surface area contributed by atoms with Gasteiger partial charge in [-0.2, -0.15) is 5.10 Å². The second-order valence-electron chi connectivity index (χ2n) is 5.61. The lowest BCUT2D eigenvalue weighted by molar-refractivity contribution is 0.893. The molecule has 24 heavy (non-hydrogen) atoms. The van der Waals surface area contributed by atoms with Gasteiger partial charge in [-0.1, -0.05) is 65.3 Å². The van der Waals surface area contributed by atoms with Gasteiger partial charge < -0.3 is 0 Å². The minimum Gasteiger partial charge on any atom is -0.236 e. The fourth-order valence-corrected chi connectivity index (χ4v) is 3.24. The van der Waals surface area contributed by atoms with Gasteiger partial charge in [0.25, 0.3) is 0 Å². The molecule has 2 aromatic carbocycles. The van der Waals surface area contributed by atoms with Crippen molar-refractivity contribution in [2.45, 2.75) is 13.3 Å². The highest BCUT2D eigenvalue weighted by atomic mass is 79.9. The van der Waals surface area contributed by atoms with Crippen LogP contribution in [0.1, 0.15) is 12.6 Å². The Bertz CT molecular complexity index is 989. The number of hydrogen-bond acceptors (Lipinski definition) is 2. The van der Waals surface area contributed by atoms with E-state index in [9.17, 15) is 0 Å². The van der Waals surface area contributed by atoms with Crippen LogP contribution in [0.4, 0.5) is 0 Å². The molecule has 118 valence electrons. The quantitative estimate of drug-likeness (QED) is 0.479. The Hall–Kier alpha value is -2.46. The first-order valence-electron chi connectivity index (χ1n) is 7.96. The number of rotatable bonds is 3. The third-order valence-corrected chi connectivity index (χ3v) is 4.66. The highest BCUT2D eigenvalue weighted by Crippen LogP contribution is 2.30. The van der Waals surface area contributed by atoms with E-state index in [1.807, 2.05) is 35.0 Å². The minimum atomic E-state index is 0.868. The van der Waals surface area contributed by atoms with Gasteiger partial charge in [0.05, 0.1) is 11.4 Å². The van der Waals surface area contributed by atoms with Crippen LogP contribution < -0.4 is 0 Å². The molecule has 0 aliphatic rings. The van der Waals surface area contributed by atoms with Gasteiger partial charge in [-0.3, -0.25) is 0 Å². The molecule has 4 aromatic rings. The highest BCUT2D eigenvalue weighted by Gasteiger charge is 2.16. The van der Waals surface area contributed by atoms with E-state index in [0.29, 0.717) is 0 Å². The number of aromatic nitrogens is 3. The molecule has 3 nitrogen and oxygen atoms in total. The van der Waals surface area contributed by atoms with E-state index >= 15 is 0 Å². The van der Waals surface area contributed by atoms with Gasteiger partial charge >= 0.3 is 0 Å². The van der Waals surface area contributed by atoms with E-state index in [4.69, 9.17) is 5.10 Å². The summed E-state index contributed by atoms with van der Waals surface area (Å²) in [4.78, 5) is 4.62. The van der Waals surface area contributed by atoms with E-state index in [1.165, 1.54) is 0 Å². The van der Waals surface area contributed by atoms with Crippen LogP contribution in [0, 0.1) is 0 Å². The molecule has 2 heterocycles. The van der Waals surface area contributed by atoms with Crippen LogP contribution in [0.25, 0.3) is 28.0 Å². The molecular weight excluding hydrogens is 362 g/mol. The van der Waals surface area contributed by atoms with Crippen molar-refractivity contribution >= 4 is 21.6 Å². The van der Waals surface area contributed by atoms with E-state index in [0.717, 1.165) is 44.6 Å². The van der Waals surface area contributed by atoms with Crippen molar-refractivity contribution in [3.05, 3.63) is 77.0 Å². The Balaban J connectivity index is 1.99. The standard InChI is InChI=1S/C20H16BrN3/c1-2-17-19(15-6-4-3-5-7-15)20-22-13-12-18(24(20)23-17)14-8-10-16(21)11-9-14/h3-13H,2H2,1H3. The average molecular weight is 378 g/mol. The van der Waals surface area contributed by atoms with Crippen LogP contribution >= 0.6 is 15.9 Å². The van der Waals surface area contributed by atoms with E-state index in [1.54, 1.807) is 0 Å². The van der Waals surface area contributed by atoms with Gasteiger partial charge in [-0.25, -0.2) is 9.50 Å². The summed E-state index contributed by atoms with van der Waals surface area (Å²) >= 11 is 3.49. The first-order valence-corrected chi connectivity index (χ1v) is 8.75. The Morgan fingerprint density at radius 1 is 0.917 bits per heavy atom. The van der Waals surface area contributed by atoms with Crippen molar-refractivity contribution in [1.29, 1.82) is 0 Å². The molecule has 0 aliphatic carbocycles. The molecule has 0 saturated carbocycles. The van der Waals surface area contributed by atoms with E-state index < -0.39 is 0 Å². The van der Waals surface area contributed by atoms with Gasteiger partial charge in [0.15, 0.2) is 5.65 Å². The number of benzene rings is 2. The largest absolute Gasteiger partial charge is 0.236 e. The van der Waals surface area contributed by atoms with Crippen molar-refractivity contribution in [2.75, 3.05) is 0 Å². The lowest BCUT2D eigenvalue weighted by atomic mass is 10.0. The summed E-state index contributed by atoms with van der Waals surface area (Å²) in [7, 11) is 0. The first-order chi connectivity index (χ1) is 11.8. The van der Waals surface area contributed by atoms with Crippen LogP contribution in [-0.4, -0.2) is 14.6 Å². The molecule has 0 fully saturated rings. The molecular formula is C20H16BrN3. The van der Waals surface area contributed by atoms with Crippen molar-refractivity contribution < 1.29 is 0 Å². The Morgan fingerprint density at radius 2 is 1.67 bits per heavy atom. The smallest absolute Gasteiger partial charge is 0.163 e. The zero-order valence-corrected chi connectivity index (χ0v) is 14.9. The summed E-state index contributed by atoms with van der Waals surface area (Å²) in [5, 5.41) is 4.85. The number of fused-ring (bicyclic) bond motifs is 1. The van der Waals surface area contributed by atoms with Crippen molar-refractivity contribution in [3.63, 3.8) is 0 Å². The van der Waals surface area contributed by atoms with Gasteiger partial charge in [0, 0.05) is 21.8 Å². The third kappa shape index (κ3) is 2.53.